The lowest BCUT2D eigenvalue weighted by molar-refractivity contribution is -0.132. The number of benzene rings is 2. The number of carbonyl (C=O) groups is 2. The minimum Gasteiger partial charge on any atom is -0.297 e. The minimum absolute atomic E-state index is 0.0268. The molecule has 1 fully saturated rings. The van der Waals surface area contributed by atoms with Gasteiger partial charge in [0.1, 0.15) is 11.7 Å². The van der Waals surface area contributed by atoms with Crippen LogP contribution in [-0.4, -0.2) is 21.1 Å². The maximum Gasteiger partial charge on any atom is 0.163 e. The Morgan fingerprint density at radius 1 is 0.889 bits per heavy atom. The molecular weight excluding hydrogens is 359 g/mol. The fourth-order valence-electron chi connectivity index (χ4n) is 3.85. The summed E-state index contributed by atoms with van der Waals surface area (Å²) < 4.78 is 12.0. The monoisotopic (exact) mass is 384 g/mol. The first-order valence-electron chi connectivity index (χ1n) is 9.24. The Morgan fingerprint density at radius 3 is 1.93 bits per heavy atom. The van der Waals surface area contributed by atoms with Gasteiger partial charge < -0.3 is 0 Å². The number of rotatable bonds is 3. The van der Waals surface area contributed by atoms with E-state index in [9.17, 15) is 14.0 Å². The van der Waals surface area contributed by atoms with Gasteiger partial charge in [0.25, 0.3) is 0 Å². The summed E-state index contributed by atoms with van der Waals surface area (Å²) in [6.07, 6.45) is 0.718. The minimum atomic E-state index is -0.728. The van der Waals surface area contributed by atoms with E-state index in [1.54, 1.807) is 12.1 Å². The molecule has 2 aromatic carbocycles. The summed E-state index contributed by atoms with van der Waals surface area (Å²) in [5.74, 6) is -1.05. The fraction of sp³-hybridized carbons (Fsp3) is 0.391. The summed E-state index contributed by atoms with van der Waals surface area (Å²) in [4.78, 5) is 26.2. The van der Waals surface area contributed by atoms with Crippen molar-refractivity contribution in [3.63, 3.8) is 0 Å². The van der Waals surface area contributed by atoms with Gasteiger partial charge in [0.15, 0.2) is 11.6 Å². The second-order valence-electron chi connectivity index (χ2n) is 8.06. The topological polar surface area (TPSA) is 34.1 Å². The normalized spacial score (nSPS) is 19.3. The van der Waals surface area contributed by atoms with E-state index in [4.69, 9.17) is 0 Å². The Kier molecular flexibility index (Phi) is 5.06. The van der Waals surface area contributed by atoms with Crippen LogP contribution >= 0.6 is 11.8 Å². The van der Waals surface area contributed by atoms with Crippen molar-refractivity contribution >= 4 is 23.3 Å². The van der Waals surface area contributed by atoms with Crippen molar-refractivity contribution in [3.05, 3.63) is 59.4 Å². The zero-order chi connectivity index (χ0) is 20.0. The van der Waals surface area contributed by atoms with Crippen LogP contribution in [0.15, 0.2) is 42.5 Å². The number of carbonyl (C=O) groups excluding carboxylic acids is 2. The Balaban J connectivity index is 2.09. The SMILES string of the molecule is CCc1cc(-c2ccc(F)cc2)ccc1C1C(=O)C(C)(C)SC(C)(C)C1=O. The van der Waals surface area contributed by atoms with Crippen molar-refractivity contribution < 1.29 is 14.0 Å². The van der Waals surface area contributed by atoms with Crippen molar-refractivity contribution in [2.45, 2.75) is 56.5 Å². The first kappa shape index (κ1) is 19.8. The van der Waals surface area contributed by atoms with Crippen LogP contribution in [0.5, 0.6) is 0 Å². The van der Waals surface area contributed by atoms with E-state index in [-0.39, 0.29) is 17.4 Å². The summed E-state index contributed by atoms with van der Waals surface area (Å²) in [5.41, 5.74) is 3.66. The Bertz CT molecular complexity index is 871. The van der Waals surface area contributed by atoms with Gasteiger partial charge >= 0.3 is 0 Å². The number of halogens is 1. The first-order valence-corrected chi connectivity index (χ1v) is 10.1. The number of aryl methyl sites for hydroxylation is 1. The van der Waals surface area contributed by atoms with Crippen LogP contribution in [0.4, 0.5) is 4.39 Å². The van der Waals surface area contributed by atoms with Gasteiger partial charge in [-0.2, -0.15) is 0 Å². The zero-order valence-electron chi connectivity index (χ0n) is 16.4. The lowest BCUT2D eigenvalue weighted by Crippen LogP contribution is -2.51. The second-order valence-corrected chi connectivity index (χ2v) is 10.3. The van der Waals surface area contributed by atoms with E-state index in [1.807, 2.05) is 52.8 Å². The fourth-order valence-corrected chi connectivity index (χ4v) is 5.56. The molecule has 1 saturated heterocycles. The molecule has 4 heteroatoms. The molecule has 1 aliphatic heterocycles. The standard InChI is InChI=1S/C23H25FO2S/c1-6-14-13-16(15-7-10-17(24)11-8-15)9-12-18(14)19-20(25)22(2,3)27-23(4,5)21(19)26/h7-13,19H,6H2,1-5H3. The Hall–Kier alpha value is -1.94. The summed E-state index contributed by atoms with van der Waals surface area (Å²) in [6.45, 7) is 9.63. The van der Waals surface area contributed by atoms with E-state index in [2.05, 4.69) is 0 Å². The van der Waals surface area contributed by atoms with Gasteiger partial charge in [-0.3, -0.25) is 9.59 Å². The maximum atomic E-state index is 13.2. The molecule has 0 amide bonds. The second kappa shape index (κ2) is 6.90. The van der Waals surface area contributed by atoms with Crippen molar-refractivity contribution in [2.75, 3.05) is 0 Å². The Labute approximate surface area is 164 Å². The summed E-state index contributed by atoms with van der Waals surface area (Å²) in [7, 11) is 0. The molecule has 0 saturated carbocycles. The third-order valence-corrected chi connectivity index (χ3v) is 6.66. The van der Waals surface area contributed by atoms with Crippen LogP contribution in [-0.2, 0) is 16.0 Å². The predicted octanol–water partition coefficient (Wildman–Crippen LogP) is 5.58. The highest BCUT2D eigenvalue weighted by Gasteiger charge is 2.52. The molecule has 1 heterocycles. The third-order valence-electron chi connectivity index (χ3n) is 5.23. The van der Waals surface area contributed by atoms with E-state index >= 15 is 0 Å². The highest BCUT2D eigenvalue weighted by Crippen LogP contribution is 2.49. The van der Waals surface area contributed by atoms with Gasteiger partial charge in [-0.15, -0.1) is 11.8 Å². The molecule has 0 N–H and O–H groups in total. The number of thioether (sulfide) groups is 1. The van der Waals surface area contributed by atoms with Crippen LogP contribution in [0.1, 0.15) is 51.7 Å². The molecule has 0 aliphatic carbocycles. The molecule has 0 bridgehead atoms. The van der Waals surface area contributed by atoms with E-state index in [1.165, 1.54) is 23.9 Å². The lowest BCUT2D eigenvalue weighted by Gasteiger charge is -2.42. The molecule has 3 rings (SSSR count). The average molecular weight is 385 g/mol. The van der Waals surface area contributed by atoms with E-state index in [0.717, 1.165) is 28.7 Å². The summed E-state index contributed by atoms with van der Waals surface area (Å²) in [5, 5.41) is 0. The van der Waals surface area contributed by atoms with Crippen molar-refractivity contribution in [2.24, 2.45) is 0 Å². The van der Waals surface area contributed by atoms with Gasteiger partial charge in [-0.1, -0.05) is 37.3 Å². The third kappa shape index (κ3) is 3.60. The molecule has 1 aliphatic rings. The van der Waals surface area contributed by atoms with Gasteiger partial charge in [0, 0.05) is 0 Å². The van der Waals surface area contributed by atoms with Gasteiger partial charge in [-0.25, -0.2) is 4.39 Å². The molecule has 0 unspecified atom stereocenters. The summed E-state index contributed by atoms with van der Waals surface area (Å²) in [6, 6.07) is 12.2. The quantitative estimate of drug-likeness (QED) is 0.648. The zero-order valence-corrected chi connectivity index (χ0v) is 17.2. The van der Waals surface area contributed by atoms with Crippen LogP contribution in [0, 0.1) is 5.82 Å². The molecular formula is C23H25FO2S. The van der Waals surface area contributed by atoms with Crippen molar-refractivity contribution in [3.8, 4) is 11.1 Å². The summed E-state index contributed by atoms with van der Waals surface area (Å²) >= 11 is 1.44. The maximum absolute atomic E-state index is 13.2. The highest BCUT2D eigenvalue weighted by atomic mass is 32.2. The van der Waals surface area contributed by atoms with Crippen LogP contribution in [0.3, 0.4) is 0 Å². The smallest absolute Gasteiger partial charge is 0.163 e. The van der Waals surface area contributed by atoms with Crippen LogP contribution in [0.25, 0.3) is 11.1 Å². The molecule has 0 aromatic heterocycles. The predicted molar refractivity (Wildman–Crippen MR) is 110 cm³/mol. The van der Waals surface area contributed by atoms with Crippen molar-refractivity contribution in [1.29, 1.82) is 0 Å². The molecule has 0 radical (unpaired) electrons. The molecule has 27 heavy (non-hydrogen) atoms. The lowest BCUT2D eigenvalue weighted by atomic mass is 9.78. The number of ketones is 2. The average Bonchev–Trinajstić information content (AvgIpc) is 2.60. The van der Waals surface area contributed by atoms with E-state index < -0.39 is 15.4 Å². The number of Topliss-reactive ketones (excluding diaryl/α,β-unsaturated/α-hetero) is 2. The molecule has 0 spiro atoms. The van der Waals surface area contributed by atoms with Gasteiger partial charge in [0.05, 0.1) is 9.49 Å². The largest absolute Gasteiger partial charge is 0.297 e. The Morgan fingerprint density at radius 2 is 1.41 bits per heavy atom. The highest BCUT2D eigenvalue weighted by molar-refractivity contribution is 8.03. The van der Waals surface area contributed by atoms with E-state index in [0.29, 0.717) is 0 Å². The first-order chi connectivity index (χ1) is 12.6. The molecule has 2 nitrogen and oxygen atoms in total. The molecule has 0 atom stereocenters. The molecule has 2 aromatic rings. The van der Waals surface area contributed by atoms with Crippen molar-refractivity contribution in [1.82, 2.24) is 0 Å². The van der Waals surface area contributed by atoms with Gasteiger partial charge in [0.2, 0.25) is 0 Å². The number of hydrogen-bond acceptors (Lipinski definition) is 3. The van der Waals surface area contributed by atoms with Crippen LogP contribution in [0.2, 0.25) is 0 Å². The van der Waals surface area contributed by atoms with Gasteiger partial charge in [-0.05, 0) is 68.5 Å². The molecule has 142 valence electrons. The van der Waals surface area contributed by atoms with Crippen LogP contribution < -0.4 is 0 Å². The number of hydrogen-bond donors (Lipinski definition) is 0.